The quantitative estimate of drug-likeness (QED) is 0.531. The highest BCUT2D eigenvalue weighted by Crippen LogP contribution is 2.16. The second kappa shape index (κ2) is 9.91. The molecule has 1 heterocycles. The molecule has 31 heavy (non-hydrogen) atoms. The summed E-state index contributed by atoms with van der Waals surface area (Å²) in [6, 6.07) is 17.7. The van der Waals surface area contributed by atoms with Crippen LogP contribution < -0.4 is 4.72 Å². The van der Waals surface area contributed by atoms with E-state index in [0.717, 1.165) is 11.1 Å². The van der Waals surface area contributed by atoms with Crippen LogP contribution in [0.15, 0.2) is 82.3 Å². The van der Waals surface area contributed by atoms with E-state index in [9.17, 15) is 18.3 Å². The molecule has 0 spiro atoms. The first-order valence-electron chi connectivity index (χ1n) is 9.88. The van der Waals surface area contributed by atoms with Crippen molar-refractivity contribution in [2.24, 2.45) is 0 Å². The minimum atomic E-state index is -4.02. The molecule has 0 aliphatic rings. The fourth-order valence-corrected chi connectivity index (χ4v) is 4.37. The standard InChI is InChI=1S/C23H26N2O5S/c1-17-10-12-21(13-11-17)31(28,29)24-22(18(2)26)23(27)25(16-20-9-6-14-30-20)15-19-7-4-3-5-8-19/h3-14,18,22,24,26H,15-16H2,1-2H3. The highest BCUT2D eigenvalue weighted by molar-refractivity contribution is 7.89. The van der Waals surface area contributed by atoms with Crippen LogP contribution in [0, 0.1) is 6.92 Å². The first-order chi connectivity index (χ1) is 14.8. The van der Waals surface area contributed by atoms with Crippen molar-refractivity contribution in [1.82, 2.24) is 9.62 Å². The number of hydrogen-bond acceptors (Lipinski definition) is 5. The number of furan rings is 1. The zero-order valence-electron chi connectivity index (χ0n) is 17.4. The third kappa shape index (κ3) is 6.04. The summed E-state index contributed by atoms with van der Waals surface area (Å²) >= 11 is 0. The molecule has 0 saturated heterocycles. The van der Waals surface area contributed by atoms with E-state index in [0.29, 0.717) is 5.76 Å². The smallest absolute Gasteiger partial charge is 0.244 e. The minimum Gasteiger partial charge on any atom is -0.467 e. The highest BCUT2D eigenvalue weighted by Gasteiger charge is 2.33. The molecule has 3 aromatic rings. The minimum absolute atomic E-state index is 0.0252. The van der Waals surface area contributed by atoms with E-state index in [1.54, 1.807) is 24.3 Å². The lowest BCUT2D eigenvalue weighted by Gasteiger charge is -2.29. The molecule has 0 bridgehead atoms. The normalized spacial score (nSPS) is 13.5. The maximum Gasteiger partial charge on any atom is 0.244 e. The number of carbonyl (C=O) groups is 1. The Bertz CT molecular complexity index is 1080. The van der Waals surface area contributed by atoms with Crippen LogP contribution >= 0.6 is 0 Å². The van der Waals surface area contributed by atoms with Gasteiger partial charge in [0, 0.05) is 6.54 Å². The van der Waals surface area contributed by atoms with E-state index < -0.39 is 28.1 Å². The van der Waals surface area contributed by atoms with Gasteiger partial charge in [-0.2, -0.15) is 4.72 Å². The summed E-state index contributed by atoms with van der Waals surface area (Å²) in [5.41, 5.74) is 1.78. The SMILES string of the molecule is Cc1ccc(S(=O)(=O)NC(C(=O)N(Cc2ccccc2)Cc2ccco2)C(C)O)cc1. The molecular weight excluding hydrogens is 416 g/mol. The summed E-state index contributed by atoms with van der Waals surface area (Å²) in [6.07, 6.45) is 0.259. The lowest BCUT2D eigenvalue weighted by Crippen LogP contribution is -2.53. The number of sulfonamides is 1. The number of carbonyl (C=O) groups excluding carboxylic acids is 1. The predicted octanol–water partition coefficient (Wildman–Crippen LogP) is 2.84. The van der Waals surface area contributed by atoms with E-state index in [-0.39, 0.29) is 18.0 Å². The lowest BCUT2D eigenvalue weighted by atomic mass is 10.1. The number of amides is 1. The lowest BCUT2D eigenvalue weighted by molar-refractivity contribution is -0.137. The van der Waals surface area contributed by atoms with Crippen molar-refractivity contribution < 1.29 is 22.7 Å². The van der Waals surface area contributed by atoms with Crippen molar-refractivity contribution in [3.63, 3.8) is 0 Å². The molecule has 0 fully saturated rings. The maximum atomic E-state index is 13.4. The fraction of sp³-hybridized carbons (Fsp3) is 0.261. The van der Waals surface area contributed by atoms with E-state index in [4.69, 9.17) is 4.42 Å². The van der Waals surface area contributed by atoms with Gasteiger partial charge >= 0.3 is 0 Å². The Labute approximate surface area is 182 Å². The van der Waals surface area contributed by atoms with Crippen LogP contribution in [0.1, 0.15) is 23.8 Å². The van der Waals surface area contributed by atoms with Crippen molar-refractivity contribution in [1.29, 1.82) is 0 Å². The number of nitrogens with one attached hydrogen (secondary N) is 1. The van der Waals surface area contributed by atoms with Crippen LogP contribution in [0.25, 0.3) is 0 Å². The number of hydrogen-bond donors (Lipinski definition) is 2. The van der Waals surface area contributed by atoms with Crippen molar-refractivity contribution in [2.75, 3.05) is 0 Å². The molecule has 2 atom stereocenters. The molecular formula is C23H26N2O5S. The summed E-state index contributed by atoms with van der Waals surface area (Å²) < 4.78 is 33.5. The zero-order valence-corrected chi connectivity index (χ0v) is 18.2. The molecule has 0 radical (unpaired) electrons. The van der Waals surface area contributed by atoms with E-state index in [1.807, 2.05) is 37.3 Å². The number of aliphatic hydroxyl groups is 1. The monoisotopic (exact) mass is 442 g/mol. The Kier molecular flexibility index (Phi) is 7.27. The number of nitrogens with zero attached hydrogens (tertiary/aromatic N) is 1. The topological polar surface area (TPSA) is 99.9 Å². The van der Waals surface area contributed by atoms with Gasteiger partial charge in [-0.1, -0.05) is 48.0 Å². The van der Waals surface area contributed by atoms with Crippen molar-refractivity contribution in [3.8, 4) is 0 Å². The van der Waals surface area contributed by atoms with Gasteiger partial charge in [0.25, 0.3) is 0 Å². The summed E-state index contributed by atoms with van der Waals surface area (Å²) in [6.45, 7) is 3.60. The highest BCUT2D eigenvalue weighted by atomic mass is 32.2. The van der Waals surface area contributed by atoms with Gasteiger partial charge < -0.3 is 14.4 Å². The van der Waals surface area contributed by atoms with E-state index >= 15 is 0 Å². The van der Waals surface area contributed by atoms with Crippen LogP contribution in [0.4, 0.5) is 0 Å². The number of aryl methyl sites for hydroxylation is 1. The first kappa shape index (κ1) is 22.7. The largest absolute Gasteiger partial charge is 0.467 e. The van der Waals surface area contributed by atoms with Gasteiger partial charge in [0.2, 0.25) is 15.9 Å². The number of benzene rings is 2. The van der Waals surface area contributed by atoms with Gasteiger partial charge in [0.05, 0.1) is 23.8 Å². The Balaban J connectivity index is 1.87. The van der Waals surface area contributed by atoms with E-state index in [2.05, 4.69) is 4.72 Å². The average Bonchev–Trinajstić information content (AvgIpc) is 3.25. The second-order valence-corrected chi connectivity index (χ2v) is 9.13. The summed E-state index contributed by atoms with van der Waals surface area (Å²) in [4.78, 5) is 14.9. The summed E-state index contributed by atoms with van der Waals surface area (Å²) in [5.74, 6) is 0.000885. The molecule has 2 unspecified atom stereocenters. The first-order valence-corrected chi connectivity index (χ1v) is 11.4. The van der Waals surface area contributed by atoms with Crippen molar-refractivity contribution in [2.45, 2.75) is 44.0 Å². The summed E-state index contributed by atoms with van der Waals surface area (Å²) in [5, 5.41) is 10.3. The summed E-state index contributed by atoms with van der Waals surface area (Å²) in [7, 11) is -4.02. The van der Waals surface area contributed by atoms with E-state index in [1.165, 1.54) is 30.2 Å². The number of rotatable bonds is 9. The molecule has 0 aliphatic carbocycles. The Morgan fingerprint density at radius 3 is 2.29 bits per heavy atom. The molecule has 3 rings (SSSR count). The molecule has 0 saturated carbocycles. The Hall–Kier alpha value is -2.94. The van der Waals surface area contributed by atoms with Crippen LogP contribution in [0.5, 0.6) is 0 Å². The van der Waals surface area contributed by atoms with Crippen molar-refractivity contribution >= 4 is 15.9 Å². The molecule has 0 aliphatic heterocycles. The van der Waals surface area contributed by atoms with Gasteiger partial charge in [-0.3, -0.25) is 4.79 Å². The molecule has 1 aromatic heterocycles. The van der Waals surface area contributed by atoms with Crippen LogP contribution in [-0.2, 0) is 27.9 Å². The van der Waals surface area contributed by atoms with Crippen LogP contribution in [0.3, 0.4) is 0 Å². The maximum absolute atomic E-state index is 13.4. The predicted molar refractivity (Wildman–Crippen MR) is 116 cm³/mol. The number of aliphatic hydroxyl groups excluding tert-OH is 1. The molecule has 8 heteroatoms. The van der Waals surface area contributed by atoms with Gasteiger partial charge in [-0.05, 0) is 43.7 Å². The fourth-order valence-electron chi connectivity index (χ4n) is 3.11. The second-order valence-electron chi connectivity index (χ2n) is 7.41. The van der Waals surface area contributed by atoms with Crippen LogP contribution in [0.2, 0.25) is 0 Å². The molecule has 2 N–H and O–H groups in total. The third-order valence-electron chi connectivity index (χ3n) is 4.82. The van der Waals surface area contributed by atoms with Gasteiger partial charge in [-0.25, -0.2) is 8.42 Å². The average molecular weight is 443 g/mol. The van der Waals surface area contributed by atoms with Gasteiger partial charge in [0.1, 0.15) is 11.8 Å². The molecule has 164 valence electrons. The van der Waals surface area contributed by atoms with Crippen molar-refractivity contribution in [3.05, 3.63) is 89.9 Å². The molecule has 2 aromatic carbocycles. The van der Waals surface area contributed by atoms with Crippen LogP contribution in [-0.4, -0.2) is 36.5 Å². The van der Waals surface area contributed by atoms with Gasteiger partial charge in [-0.15, -0.1) is 0 Å². The molecule has 1 amide bonds. The van der Waals surface area contributed by atoms with Gasteiger partial charge in [0.15, 0.2) is 0 Å². The Morgan fingerprint density at radius 2 is 1.71 bits per heavy atom. The molecule has 7 nitrogen and oxygen atoms in total. The zero-order chi connectivity index (χ0) is 22.4. The third-order valence-corrected chi connectivity index (χ3v) is 6.27. The Morgan fingerprint density at radius 1 is 1.03 bits per heavy atom.